The summed E-state index contributed by atoms with van der Waals surface area (Å²) in [6, 6.07) is 4.30. The lowest BCUT2D eigenvalue weighted by atomic mass is 10.0. The number of hydrogen-bond donors (Lipinski definition) is 0. The number of rotatable bonds is 2. The maximum absolute atomic E-state index is 12.6. The second-order valence-corrected chi connectivity index (χ2v) is 3.09. The van der Waals surface area contributed by atoms with Crippen molar-refractivity contribution in [2.75, 3.05) is 6.61 Å². The molecular weight excluding hydrogens is 235 g/mol. The predicted octanol–water partition coefficient (Wildman–Crippen LogP) is 2.75. The summed E-state index contributed by atoms with van der Waals surface area (Å²) in [4.78, 5) is 11.3. The molecule has 0 amide bonds. The monoisotopic (exact) mass is 243 g/mol. The minimum Gasteiger partial charge on any atom is -0.462 e. The number of esters is 1. The molecule has 0 aromatic heterocycles. The third-order valence-corrected chi connectivity index (χ3v) is 1.95. The number of hydrogen-bond acceptors (Lipinski definition) is 3. The van der Waals surface area contributed by atoms with Gasteiger partial charge in [-0.2, -0.15) is 18.4 Å². The van der Waals surface area contributed by atoms with Gasteiger partial charge in [0.05, 0.1) is 29.4 Å². The quantitative estimate of drug-likeness (QED) is 0.750. The van der Waals surface area contributed by atoms with Crippen LogP contribution in [0.2, 0.25) is 0 Å². The zero-order valence-electron chi connectivity index (χ0n) is 8.84. The normalized spacial score (nSPS) is 10.8. The van der Waals surface area contributed by atoms with Gasteiger partial charge in [-0.05, 0) is 25.1 Å². The molecule has 0 spiro atoms. The predicted molar refractivity (Wildman–Crippen MR) is 52.1 cm³/mol. The smallest absolute Gasteiger partial charge is 0.417 e. The molecule has 0 atom stereocenters. The summed E-state index contributed by atoms with van der Waals surface area (Å²) in [5, 5.41) is 8.53. The van der Waals surface area contributed by atoms with E-state index in [4.69, 9.17) is 5.26 Å². The van der Waals surface area contributed by atoms with Crippen molar-refractivity contribution in [3.63, 3.8) is 0 Å². The van der Waals surface area contributed by atoms with Gasteiger partial charge in [-0.25, -0.2) is 4.79 Å². The van der Waals surface area contributed by atoms with E-state index in [9.17, 15) is 18.0 Å². The van der Waals surface area contributed by atoms with Crippen molar-refractivity contribution in [2.45, 2.75) is 13.1 Å². The van der Waals surface area contributed by atoms with E-state index in [1.807, 2.05) is 0 Å². The molecule has 0 fully saturated rings. The maximum atomic E-state index is 12.6. The fourth-order valence-electron chi connectivity index (χ4n) is 1.24. The minimum absolute atomic E-state index is 0.0177. The summed E-state index contributed by atoms with van der Waals surface area (Å²) in [5.74, 6) is -1.05. The van der Waals surface area contributed by atoms with E-state index in [0.29, 0.717) is 6.07 Å². The molecule has 90 valence electrons. The number of nitrogens with zero attached hydrogens (tertiary/aromatic N) is 1. The highest BCUT2D eigenvalue weighted by atomic mass is 19.4. The van der Waals surface area contributed by atoms with Crippen molar-refractivity contribution in [3.05, 3.63) is 34.9 Å². The molecule has 3 nitrogen and oxygen atoms in total. The summed E-state index contributed by atoms with van der Waals surface area (Å²) in [6.07, 6.45) is -4.70. The molecule has 0 radical (unpaired) electrons. The molecule has 0 saturated heterocycles. The summed E-state index contributed by atoms with van der Waals surface area (Å²) in [5.41, 5.74) is -1.90. The topological polar surface area (TPSA) is 50.1 Å². The van der Waals surface area contributed by atoms with E-state index < -0.39 is 23.3 Å². The Kier molecular flexibility index (Phi) is 3.73. The van der Waals surface area contributed by atoms with E-state index in [-0.39, 0.29) is 12.2 Å². The third kappa shape index (κ3) is 2.97. The highest BCUT2D eigenvalue weighted by Crippen LogP contribution is 2.33. The van der Waals surface area contributed by atoms with Gasteiger partial charge >= 0.3 is 12.1 Å². The first kappa shape index (κ1) is 13.0. The van der Waals surface area contributed by atoms with Gasteiger partial charge in [-0.15, -0.1) is 0 Å². The lowest BCUT2D eigenvalue weighted by Crippen LogP contribution is -2.15. The van der Waals surface area contributed by atoms with Crippen LogP contribution in [0.15, 0.2) is 18.2 Å². The van der Waals surface area contributed by atoms with Crippen LogP contribution in [-0.4, -0.2) is 12.6 Å². The lowest BCUT2D eigenvalue weighted by Gasteiger charge is -2.11. The zero-order chi connectivity index (χ0) is 13.1. The second-order valence-electron chi connectivity index (χ2n) is 3.09. The summed E-state index contributed by atoms with van der Waals surface area (Å²) >= 11 is 0. The molecule has 1 rings (SSSR count). The first-order valence-corrected chi connectivity index (χ1v) is 4.68. The lowest BCUT2D eigenvalue weighted by molar-refractivity contribution is -0.138. The number of carbonyl (C=O) groups excluding carboxylic acids is 1. The Bertz CT molecular complexity index is 475. The number of benzene rings is 1. The van der Waals surface area contributed by atoms with E-state index in [1.54, 1.807) is 6.07 Å². The largest absolute Gasteiger partial charge is 0.462 e. The van der Waals surface area contributed by atoms with Gasteiger partial charge < -0.3 is 4.74 Å². The van der Waals surface area contributed by atoms with Crippen molar-refractivity contribution in [3.8, 4) is 6.07 Å². The van der Waals surface area contributed by atoms with Gasteiger partial charge in [0.2, 0.25) is 0 Å². The van der Waals surface area contributed by atoms with Crippen LogP contribution in [0.4, 0.5) is 13.2 Å². The molecule has 17 heavy (non-hydrogen) atoms. The molecule has 0 aliphatic carbocycles. The van der Waals surface area contributed by atoms with Gasteiger partial charge in [-0.3, -0.25) is 0 Å². The van der Waals surface area contributed by atoms with E-state index >= 15 is 0 Å². The van der Waals surface area contributed by atoms with Crippen molar-refractivity contribution in [2.24, 2.45) is 0 Å². The summed E-state index contributed by atoms with van der Waals surface area (Å²) in [6.45, 7) is 1.48. The molecule has 6 heteroatoms. The van der Waals surface area contributed by atoms with Crippen LogP contribution in [-0.2, 0) is 10.9 Å². The van der Waals surface area contributed by atoms with Crippen LogP contribution < -0.4 is 0 Å². The van der Waals surface area contributed by atoms with Crippen LogP contribution in [0.5, 0.6) is 0 Å². The van der Waals surface area contributed by atoms with Crippen LogP contribution in [0.1, 0.15) is 28.4 Å². The molecule has 0 bridgehead atoms. The summed E-state index contributed by atoms with van der Waals surface area (Å²) < 4.78 is 42.5. The first-order valence-electron chi connectivity index (χ1n) is 4.68. The van der Waals surface area contributed by atoms with Gasteiger partial charge in [0, 0.05) is 0 Å². The average molecular weight is 243 g/mol. The van der Waals surface area contributed by atoms with E-state index in [0.717, 1.165) is 12.1 Å². The van der Waals surface area contributed by atoms with Crippen LogP contribution in [0, 0.1) is 11.3 Å². The highest BCUT2D eigenvalue weighted by molar-refractivity contribution is 5.91. The Balaban J connectivity index is 3.31. The average Bonchev–Trinajstić information content (AvgIpc) is 2.27. The second kappa shape index (κ2) is 4.87. The van der Waals surface area contributed by atoms with Crippen LogP contribution in [0.3, 0.4) is 0 Å². The highest BCUT2D eigenvalue weighted by Gasteiger charge is 2.35. The fraction of sp³-hybridized carbons (Fsp3) is 0.273. The van der Waals surface area contributed by atoms with Crippen LogP contribution in [0.25, 0.3) is 0 Å². The Morgan fingerprint density at radius 1 is 1.47 bits per heavy atom. The Hall–Kier alpha value is -2.03. The molecular formula is C11H8F3NO2. The number of alkyl halides is 3. The Labute approximate surface area is 95.4 Å². The first-order chi connectivity index (χ1) is 7.90. The zero-order valence-corrected chi connectivity index (χ0v) is 8.84. The SMILES string of the molecule is CCOC(=O)c1ccc(C#N)cc1C(F)(F)F. The number of carbonyl (C=O) groups is 1. The van der Waals surface area contributed by atoms with Gasteiger partial charge in [-0.1, -0.05) is 0 Å². The minimum atomic E-state index is -4.70. The Morgan fingerprint density at radius 2 is 2.12 bits per heavy atom. The molecule has 0 aliphatic heterocycles. The number of ether oxygens (including phenoxy) is 1. The van der Waals surface area contributed by atoms with Crippen LogP contribution >= 0.6 is 0 Å². The van der Waals surface area contributed by atoms with Gasteiger partial charge in [0.1, 0.15) is 0 Å². The fourth-order valence-corrected chi connectivity index (χ4v) is 1.24. The van der Waals surface area contributed by atoms with Crippen molar-refractivity contribution in [1.29, 1.82) is 5.26 Å². The number of halogens is 3. The molecule has 0 heterocycles. The standard InChI is InChI=1S/C11H8F3NO2/c1-2-17-10(16)8-4-3-7(6-15)5-9(8)11(12,13)14/h3-5H,2H2,1H3. The van der Waals surface area contributed by atoms with Gasteiger partial charge in [0.15, 0.2) is 0 Å². The molecule has 0 N–H and O–H groups in total. The number of nitriles is 1. The molecule has 0 aliphatic rings. The summed E-state index contributed by atoms with van der Waals surface area (Å²) in [7, 11) is 0. The molecule has 0 unspecified atom stereocenters. The van der Waals surface area contributed by atoms with Crippen molar-refractivity contribution < 1.29 is 22.7 Å². The third-order valence-electron chi connectivity index (χ3n) is 1.95. The van der Waals surface area contributed by atoms with Gasteiger partial charge in [0.25, 0.3) is 0 Å². The van der Waals surface area contributed by atoms with E-state index in [2.05, 4.69) is 4.74 Å². The maximum Gasteiger partial charge on any atom is 0.417 e. The van der Waals surface area contributed by atoms with Crippen molar-refractivity contribution >= 4 is 5.97 Å². The Morgan fingerprint density at radius 3 is 2.59 bits per heavy atom. The molecule has 1 aromatic rings. The molecule has 0 saturated carbocycles. The van der Waals surface area contributed by atoms with Crippen molar-refractivity contribution in [1.82, 2.24) is 0 Å². The molecule has 1 aromatic carbocycles. The van der Waals surface area contributed by atoms with E-state index in [1.165, 1.54) is 6.92 Å².